The molecule has 6 nitrogen and oxygen atoms in total. The van der Waals surface area contributed by atoms with Crippen molar-refractivity contribution in [1.82, 2.24) is 15.9 Å². The summed E-state index contributed by atoms with van der Waals surface area (Å²) in [6, 6.07) is 0. The van der Waals surface area contributed by atoms with E-state index < -0.39 is 11.8 Å². The Kier molecular flexibility index (Phi) is 3.78. The highest BCUT2D eigenvalue weighted by Crippen LogP contribution is 2.36. The predicted molar refractivity (Wildman–Crippen MR) is 64.3 cm³/mol. The second-order valence-electron chi connectivity index (χ2n) is 5.73. The standard InChI is InChI=1S/C11H22N4O2/c1-10(2)6-5-7-11(3,4)15(10)14-9(17)8(16)13-12/h5-7,12H2,1-4H3,(H,13,16)(H,14,17). The van der Waals surface area contributed by atoms with E-state index in [2.05, 4.69) is 33.1 Å². The number of hydrogen-bond acceptors (Lipinski definition) is 4. The Hall–Kier alpha value is -1.14. The van der Waals surface area contributed by atoms with Gasteiger partial charge >= 0.3 is 11.8 Å². The number of nitrogens with two attached hydrogens (primary N) is 1. The molecule has 0 bridgehead atoms. The SMILES string of the molecule is CC1(C)CCCC(C)(C)N1NC(=O)C(=O)NN. The number of carbonyl (C=O) groups is 2. The molecule has 0 atom stereocenters. The summed E-state index contributed by atoms with van der Waals surface area (Å²) < 4.78 is 0. The van der Waals surface area contributed by atoms with Crippen LogP contribution >= 0.6 is 0 Å². The van der Waals surface area contributed by atoms with Crippen molar-refractivity contribution in [1.29, 1.82) is 0 Å². The number of hydrazine groups is 2. The van der Waals surface area contributed by atoms with Gasteiger partial charge in [-0.1, -0.05) is 0 Å². The summed E-state index contributed by atoms with van der Waals surface area (Å²) in [5.41, 5.74) is 4.14. The van der Waals surface area contributed by atoms with Crippen LogP contribution in [0.15, 0.2) is 0 Å². The van der Waals surface area contributed by atoms with Crippen LogP contribution in [0.25, 0.3) is 0 Å². The van der Waals surface area contributed by atoms with Gasteiger partial charge in [0.05, 0.1) is 0 Å². The van der Waals surface area contributed by atoms with Crippen molar-refractivity contribution in [3.63, 3.8) is 0 Å². The van der Waals surface area contributed by atoms with Crippen molar-refractivity contribution < 1.29 is 9.59 Å². The van der Waals surface area contributed by atoms with E-state index in [1.54, 1.807) is 0 Å². The molecule has 0 aromatic rings. The molecule has 1 aliphatic rings. The summed E-state index contributed by atoms with van der Waals surface area (Å²) in [5, 5.41) is 1.86. The Morgan fingerprint density at radius 3 is 1.94 bits per heavy atom. The number of piperidine rings is 1. The summed E-state index contributed by atoms with van der Waals surface area (Å²) in [6.45, 7) is 8.20. The van der Waals surface area contributed by atoms with E-state index >= 15 is 0 Å². The minimum Gasteiger partial charge on any atom is -0.286 e. The van der Waals surface area contributed by atoms with Gasteiger partial charge < -0.3 is 0 Å². The van der Waals surface area contributed by atoms with Crippen LogP contribution < -0.4 is 16.7 Å². The molecule has 0 spiro atoms. The minimum atomic E-state index is -0.831. The molecule has 1 heterocycles. The number of carbonyl (C=O) groups excluding carboxylic acids is 2. The molecule has 0 aromatic carbocycles. The molecule has 0 radical (unpaired) electrons. The normalized spacial score (nSPS) is 22.9. The second-order valence-corrected chi connectivity index (χ2v) is 5.73. The molecule has 1 saturated heterocycles. The van der Waals surface area contributed by atoms with Crippen molar-refractivity contribution in [3.05, 3.63) is 0 Å². The maximum Gasteiger partial charge on any atom is 0.324 e. The molecule has 6 heteroatoms. The number of amides is 2. The smallest absolute Gasteiger partial charge is 0.286 e. The first-order valence-corrected chi connectivity index (χ1v) is 5.82. The van der Waals surface area contributed by atoms with Crippen molar-refractivity contribution >= 4 is 11.8 Å². The zero-order valence-electron chi connectivity index (χ0n) is 11.0. The summed E-state index contributed by atoms with van der Waals surface area (Å²) in [6.07, 6.45) is 3.05. The van der Waals surface area contributed by atoms with E-state index in [-0.39, 0.29) is 11.1 Å². The molecular formula is C11H22N4O2. The maximum absolute atomic E-state index is 11.6. The van der Waals surface area contributed by atoms with E-state index in [4.69, 9.17) is 5.84 Å². The zero-order chi connectivity index (χ0) is 13.3. The highest BCUT2D eigenvalue weighted by atomic mass is 16.2. The van der Waals surface area contributed by atoms with Crippen LogP contribution in [0.4, 0.5) is 0 Å². The lowest BCUT2D eigenvalue weighted by molar-refractivity contribution is -0.150. The molecule has 4 N–H and O–H groups in total. The molecule has 0 aromatic heterocycles. The molecule has 2 amide bonds. The highest BCUT2D eigenvalue weighted by molar-refractivity contribution is 6.34. The Morgan fingerprint density at radius 2 is 1.53 bits per heavy atom. The van der Waals surface area contributed by atoms with E-state index in [1.165, 1.54) is 0 Å². The first kappa shape index (κ1) is 13.9. The molecule has 0 unspecified atom stereocenters. The fourth-order valence-electron chi connectivity index (χ4n) is 2.52. The molecule has 1 fully saturated rings. The first-order valence-electron chi connectivity index (χ1n) is 5.82. The lowest BCUT2D eigenvalue weighted by Gasteiger charge is -2.52. The number of nitrogens with one attached hydrogen (secondary N) is 2. The van der Waals surface area contributed by atoms with Gasteiger partial charge in [-0.05, 0) is 47.0 Å². The lowest BCUT2D eigenvalue weighted by atomic mass is 9.81. The van der Waals surface area contributed by atoms with Crippen LogP contribution in [-0.4, -0.2) is 27.9 Å². The summed E-state index contributed by atoms with van der Waals surface area (Å²) in [4.78, 5) is 22.7. The van der Waals surface area contributed by atoms with Gasteiger partial charge in [0.25, 0.3) is 0 Å². The Labute approximate surface area is 102 Å². The van der Waals surface area contributed by atoms with Crippen molar-refractivity contribution in [2.75, 3.05) is 0 Å². The van der Waals surface area contributed by atoms with Crippen LogP contribution in [0.1, 0.15) is 47.0 Å². The van der Waals surface area contributed by atoms with Crippen molar-refractivity contribution in [3.8, 4) is 0 Å². The maximum atomic E-state index is 11.6. The van der Waals surface area contributed by atoms with Gasteiger partial charge in [0.1, 0.15) is 0 Å². The quantitative estimate of drug-likeness (QED) is 0.262. The zero-order valence-corrected chi connectivity index (χ0v) is 11.0. The van der Waals surface area contributed by atoms with Crippen LogP contribution in [0.3, 0.4) is 0 Å². The number of rotatable bonds is 1. The van der Waals surface area contributed by atoms with Gasteiger partial charge in [-0.15, -0.1) is 0 Å². The number of hydrogen-bond donors (Lipinski definition) is 3. The third-order valence-electron chi connectivity index (χ3n) is 3.34. The number of nitrogens with zero attached hydrogens (tertiary/aromatic N) is 1. The average Bonchev–Trinajstić information content (AvgIpc) is 2.21. The average molecular weight is 242 g/mol. The van der Waals surface area contributed by atoms with E-state index in [0.717, 1.165) is 19.3 Å². The molecule has 98 valence electrons. The van der Waals surface area contributed by atoms with Gasteiger partial charge in [0.2, 0.25) is 0 Å². The van der Waals surface area contributed by atoms with Gasteiger partial charge in [-0.2, -0.15) is 0 Å². The second kappa shape index (κ2) is 4.62. The van der Waals surface area contributed by atoms with Gasteiger partial charge in [-0.25, -0.2) is 10.9 Å². The predicted octanol–water partition coefficient (Wildman–Crippen LogP) is 0.0506. The molecule has 1 aliphatic heterocycles. The third-order valence-corrected chi connectivity index (χ3v) is 3.34. The first-order chi connectivity index (χ1) is 7.70. The summed E-state index contributed by atoms with van der Waals surface area (Å²) in [5.74, 6) is 3.38. The van der Waals surface area contributed by atoms with Crippen molar-refractivity contribution in [2.45, 2.75) is 58.0 Å². The lowest BCUT2D eigenvalue weighted by Crippen LogP contribution is -2.66. The topological polar surface area (TPSA) is 87.5 Å². The van der Waals surface area contributed by atoms with Crippen molar-refractivity contribution in [2.24, 2.45) is 5.84 Å². The van der Waals surface area contributed by atoms with E-state index in [0.29, 0.717) is 0 Å². The summed E-state index contributed by atoms with van der Waals surface area (Å²) >= 11 is 0. The Morgan fingerprint density at radius 1 is 1.06 bits per heavy atom. The summed E-state index contributed by atoms with van der Waals surface area (Å²) in [7, 11) is 0. The van der Waals surface area contributed by atoms with Gasteiger partial charge in [0, 0.05) is 11.1 Å². The molecular weight excluding hydrogens is 220 g/mol. The van der Waals surface area contributed by atoms with E-state index in [9.17, 15) is 9.59 Å². The monoisotopic (exact) mass is 242 g/mol. The van der Waals surface area contributed by atoms with Gasteiger partial charge in [-0.3, -0.25) is 20.4 Å². The van der Waals surface area contributed by atoms with E-state index in [1.807, 2.05) is 10.4 Å². The Bertz CT molecular complexity index is 309. The Balaban J connectivity index is 2.84. The molecule has 17 heavy (non-hydrogen) atoms. The minimum absolute atomic E-state index is 0.174. The van der Waals surface area contributed by atoms with Crippen LogP contribution in [-0.2, 0) is 9.59 Å². The molecule has 1 rings (SSSR count). The fraction of sp³-hybridized carbons (Fsp3) is 0.818. The van der Waals surface area contributed by atoms with Crippen LogP contribution in [0.5, 0.6) is 0 Å². The fourth-order valence-corrected chi connectivity index (χ4v) is 2.52. The van der Waals surface area contributed by atoms with Gasteiger partial charge in [0.15, 0.2) is 0 Å². The molecule has 0 saturated carbocycles. The largest absolute Gasteiger partial charge is 0.324 e. The van der Waals surface area contributed by atoms with Crippen LogP contribution in [0.2, 0.25) is 0 Å². The molecule has 0 aliphatic carbocycles. The highest BCUT2D eigenvalue weighted by Gasteiger charge is 2.42. The van der Waals surface area contributed by atoms with Crippen LogP contribution in [0, 0.1) is 0 Å². The third kappa shape index (κ3) is 2.95.